The summed E-state index contributed by atoms with van der Waals surface area (Å²) < 4.78 is 8.04. The fourth-order valence-electron chi connectivity index (χ4n) is 3.07. The van der Waals surface area contributed by atoms with Crippen LogP contribution < -0.4 is 0 Å². The molecule has 0 spiro atoms. The molecule has 0 N–H and O–H groups in total. The maximum atomic E-state index is 6.00. The Balaban J connectivity index is 0.00000157. The third-order valence-corrected chi connectivity index (χ3v) is 4.20. The van der Waals surface area contributed by atoms with Crippen LogP contribution in [0.5, 0.6) is 0 Å². The normalized spacial score (nSPS) is 10.9. The average Bonchev–Trinajstić information content (AvgIpc) is 3.21. The number of benzene rings is 3. The van der Waals surface area contributed by atoms with Crippen LogP contribution in [0.15, 0.2) is 83.4 Å². The number of oxazole rings is 1. The predicted molar refractivity (Wildman–Crippen MR) is 94.7 cm³/mol. The zero-order valence-electron chi connectivity index (χ0n) is 13.1. The molecule has 1 radical (unpaired) electrons. The van der Waals surface area contributed by atoms with Crippen LogP contribution in [-0.4, -0.2) is 9.38 Å². The molecule has 2 heterocycles. The van der Waals surface area contributed by atoms with Crippen molar-refractivity contribution in [3.8, 4) is 22.5 Å². The molecule has 0 aliphatic heterocycles. The molecule has 0 saturated carbocycles. The van der Waals surface area contributed by atoms with Gasteiger partial charge in [0, 0.05) is 20.1 Å². The summed E-state index contributed by atoms with van der Waals surface area (Å²) in [6.07, 6.45) is 1.76. The smallest absolute Gasteiger partial charge is 0.215 e. The topological polar surface area (TPSA) is 30.4 Å². The predicted octanol–water partition coefficient (Wildman–Crippen LogP) is 5.21. The van der Waals surface area contributed by atoms with Gasteiger partial charge in [0.2, 0.25) is 5.71 Å². The van der Waals surface area contributed by atoms with E-state index in [1.54, 1.807) is 6.20 Å². The quantitative estimate of drug-likeness (QED) is 0.311. The van der Waals surface area contributed by atoms with Crippen LogP contribution in [0.25, 0.3) is 39.3 Å². The van der Waals surface area contributed by atoms with Crippen molar-refractivity contribution in [2.45, 2.75) is 0 Å². The first-order chi connectivity index (χ1) is 11.9. The van der Waals surface area contributed by atoms with E-state index in [1.807, 2.05) is 46.9 Å². The van der Waals surface area contributed by atoms with Crippen LogP contribution in [0.2, 0.25) is 0 Å². The summed E-state index contributed by atoms with van der Waals surface area (Å²) in [4.78, 5) is 4.49. The fourth-order valence-corrected chi connectivity index (χ4v) is 3.07. The third-order valence-electron chi connectivity index (χ3n) is 4.20. The van der Waals surface area contributed by atoms with Crippen molar-refractivity contribution in [1.29, 1.82) is 0 Å². The van der Waals surface area contributed by atoms with Gasteiger partial charge in [-0.3, -0.25) is 4.98 Å². The summed E-state index contributed by atoms with van der Waals surface area (Å²) in [5.74, 6) is 0.844. The van der Waals surface area contributed by atoms with E-state index >= 15 is 0 Å². The van der Waals surface area contributed by atoms with Gasteiger partial charge in [0.1, 0.15) is 0 Å². The maximum Gasteiger partial charge on any atom is 0.215 e. The molecule has 0 bridgehead atoms. The molecule has 3 nitrogen and oxygen atoms in total. The molecular formula is C21H13IrN2O-. The molecule has 0 aliphatic rings. The molecule has 5 rings (SSSR count). The van der Waals surface area contributed by atoms with Crippen molar-refractivity contribution >= 4 is 16.8 Å². The number of hydrogen-bond donors (Lipinski definition) is 0. The van der Waals surface area contributed by atoms with Crippen LogP contribution in [0.4, 0.5) is 0 Å². The van der Waals surface area contributed by atoms with Gasteiger partial charge in [-0.25, -0.2) is 0 Å². The summed E-state index contributed by atoms with van der Waals surface area (Å²) in [5.41, 5.74) is 5.87. The summed E-state index contributed by atoms with van der Waals surface area (Å²) in [5, 5.41) is 0. The van der Waals surface area contributed by atoms with Gasteiger partial charge in [-0.1, -0.05) is 36.4 Å². The maximum absolute atomic E-state index is 6.00. The Morgan fingerprint density at radius 3 is 2.52 bits per heavy atom. The zero-order chi connectivity index (χ0) is 15.9. The molecule has 0 atom stereocenters. The number of imidazole rings is 1. The summed E-state index contributed by atoms with van der Waals surface area (Å²) >= 11 is 0. The zero-order valence-corrected chi connectivity index (χ0v) is 15.5. The van der Waals surface area contributed by atoms with E-state index in [0.717, 1.165) is 33.8 Å². The number of fused-ring (bicyclic) bond motifs is 3. The first-order valence-electron chi connectivity index (χ1n) is 7.83. The van der Waals surface area contributed by atoms with Crippen molar-refractivity contribution in [3.05, 3.63) is 85.1 Å². The van der Waals surface area contributed by atoms with Gasteiger partial charge >= 0.3 is 0 Å². The van der Waals surface area contributed by atoms with E-state index in [9.17, 15) is 0 Å². The van der Waals surface area contributed by atoms with Crippen LogP contribution in [-0.2, 0) is 20.1 Å². The van der Waals surface area contributed by atoms with Crippen molar-refractivity contribution in [3.63, 3.8) is 0 Å². The van der Waals surface area contributed by atoms with Crippen molar-refractivity contribution in [2.24, 2.45) is 0 Å². The molecule has 4 heteroatoms. The summed E-state index contributed by atoms with van der Waals surface area (Å²) in [6.45, 7) is 0. The molecule has 0 saturated heterocycles. The third kappa shape index (κ3) is 2.60. The van der Waals surface area contributed by atoms with E-state index in [2.05, 4.69) is 41.4 Å². The minimum Gasteiger partial charge on any atom is -0.437 e. The summed E-state index contributed by atoms with van der Waals surface area (Å²) in [7, 11) is 0. The van der Waals surface area contributed by atoms with Crippen molar-refractivity contribution in [2.75, 3.05) is 0 Å². The minimum absolute atomic E-state index is 0. The van der Waals surface area contributed by atoms with Gasteiger partial charge < -0.3 is 8.82 Å². The standard InChI is InChI=1S/C21H13N2O.Ir/c1-3-7-15(8-4-1)17-11-12-18-19(13-17)24-20-14-22-21(23(18)20)16-9-5-2-6-10-16;/h1-9,11-14H;/q-1;. The van der Waals surface area contributed by atoms with E-state index in [0.29, 0.717) is 0 Å². The average molecular weight is 502 g/mol. The second kappa shape index (κ2) is 6.32. The molecule has 0 unspecified atom stereocenters. The van der Waals surface area contributed by atoms with Gasteiger partial charge in [-0.15, -0.1) is 35.9 Å². The Morgan fingerprint density at radius 1 is 0.880 bits per heavy atom. The Labute approximate surface area is 158 Å². The molecule has 0 aliphatic carbocycles. The molecule has 0 amide bonds. The summed E-state index contributed by atoms with van der Waals surface area (Å²) in [6, 6.07) is 27.7. The number of rotatable bonds is 2. The van der Waals surface area contributed by atoms with Crippen LogP contribution in [0, 0.1) is 6.07 Å². The molecule has 0 fully saturated rings. The van der Waals surface area contributed by atoms with E-state index in [-0.39, 0.29) is 20.1 Å². The Kier molecular flexibility index (Phi) is 4.00. The first kappa shape index (κ1) is 15.8. The molecule has 5 aromatic rings. The monoisotopic (exact) mass is 502 g/mol. The second-order valence-electron chi connectivity index (χ2n) is 5.68. The molecule has 123 valence electrons. The van der Waals surface area contributed by atoms with E-state index in [4.69, 9.17) is 4.42 Å². The number of aromatic nitrogens is 2. The molecule has 25 heavy (non-hydrogen) atoms. The SMILES string of the molecule is [Ir].[c-]1ccccc1-c1ncc2oc3cc(-c4ccccc4)ccc3n12. The fraction of sp³-hybridized carbons (Fsp3) is 0. The van der Waals surface area contributed by atoms with E-state index in [1.165, 1.54) is 5.56 Å². The van der Waals surface area contributed by atoms with Crippen LogP contribution in [0.1, 0.15) is 0 Å². The van der Waals surface area contributed by atoms with Crippen molar-refractivity contribution < 1.29 is 24.5 Å². The van der Waals surface area contributed by atoms with Gasteiger partial charge in [0.25, 0.3) is 0 Å². The Morgan fingerprint density at radius 2 is 1.72 bits per heavy atom. The van der Waals surface area contributed by atoms with Crippen LogP contribution in [0.3, 0.4) is 0 Å². The van der Waals surface area contributed by atoms with Gasteiger partial charge in [0.15, 0.2) is 5.58 Å². The van der Waals surface area contributed by atoms with Gasteiger partial charge in [-0.2, -0.15) is 0 Å². The van der Waals surface area contributed by atoms with E-state index < -0.39 is 0 Å². The number of nitrogens with zero attached hydrogens (tertiary/aromatic N) is 2. The first-order valence-corrected chi connectivity index (χ1v) is 7.83. The molecule has 2 aromatic heterocycles. The van der Waals surface area contributed by atoms with Gasteiger partial charge in [0.05, 0.1) is 17.5 Å². The Bertz CT molecular complexity index is 1140. The molecule has 3 aromatic carbocycles. The largest absolute Gasteiger partial charge is 0.437 e. The minimum atomic E-state index is 0. The van der Waals surface area contributed by atoms with Gasteiger partial charge in [-0.05, 0) is 23.3 Å². The van der Waals surface area contributed by atoms with Crippen LogP contribution >= 0.6 is 0 Å². The Hall–Kier alpha value is -2.68. The molecular weight excluding hydrogens is 488 g/mol. The van der Waals surface area contributed by atoms with Crippen molar-refractivity contribution in [1.82, 2.24) is 9.38 Å². The number of hydrogen-bond acceptors (Lipinski definition) is 2. The second-order valence-corrected chi connectivity index (χ2v) is 5.68.